The Balaban J connectivity index is 1.63. The average molecular weight is 411 g/mol. The van der Waals surface area contributed by atoms with Crippen molar-refractivity contribution in [3.63, 3.8) is 0 Å². The van der Waals surface area contributed by atoms with E-state index in [0.717, 1.165) is 45.3 Å². The zero-order chi connectivity index (χ0) is 20.0. The molecule has 146 valence electrons. The molecule has 3 aromatic carbocycles. The Kier molecular flexibility index (Phi) is 4.39. The first-order valence-electron chi connectivity index (χ1n) is 9.24. The molecule has 0 bridgehead atoms. The van der Waals surface area contributed by atoms with Crippen molar-refractivity contribution in [1.82, 2.24) is 0 Å². The average Bonchev–Trinajstić information content (AvgIpc) is 2.90. The molecule has 0 amide bonds. The van der Waals surface area contributed by atoms with Crippen molar-refractivity contribution < 1.29 is 17.9 Å². The van der Waals surface area contributed by atoms with Gasteiger partial charge >= 0.3 is 6.18 Å². The fourth-order valence-corrected chi connectivity index (χ4v) is 5.13. The number of fused-ring (bicyclic) bond motifs is 4. The third-order valence-electron chi connectivity index (χ3n) is 5.22. The topological polar surface area (TPSA) is 21.6 Å². The molecule has 0 saturated carbocycles. The molecular weight excluding hydrogens is 395 g/mol. The number of nitrogens with zero attached hydrogens (tertiary/aromatic N) is 1. The zero-order valence-electron chi connectivity index (χ0n) is 15.2. The van der Waals surface area contributed by atoms with E-state index in [1.807, 2.05) is 48.5 Å². The van der Waals surface area contributed by atoms with Gasteiger partial charge in [0, 0.05) is 15.7 Å². The highest BCUT2D eigenvalue weighted by Crippen LogP contribution is 2.50. The highest BCUT2D eigenvalue weighted by molar-refractivity contribution is 7.99. The van der Waals surface area contributed by atoms with E-state index >= 15 is 0 Å². The van der Waals surface area contributed by atoms with Crippen LogP contribution in [0, 0.1) is 5.92 Å². The molecule has 2 heterocycles. The van der Waals surface area contributed by atoms with E-state index in [0.29, 0.717) is 6.61 Å². The van der Waals surface area contributed by atoms with Gasteiger partial charge in [0.25, 0.3) is 0 Å². The molecule has 0 unspecified atom stereocenters. The van der Waals surface area contributed by atoms with Crippen molar-refractivity contribution in [2.45, 2.75) is 16.3 Å². The van der Waals surface area contributed by atoms with Crippen LogP contribution in [0.25, 0.3) is 0 Å². The Labute approximate surface area is 170 Å². The van der Waals surface area contributed by atoms with Gasteiger partial charge in [0.15, 0.2) is 0 Å². The van der Waals surface area contributed by atoms with Gasteiger partial charge in [-0.05, 0) is 42.0 Å². The Hall–Kier alpha value is -2.73. The maximum atomic E-state index is 13.0. The normalized spacial score (nSPS) is 20.4. The van der Waals surface area contributed by atoms with E-state index in [4.69, 9.17) is 9.73 Å². The van der Waals surface area contributed by atoms with Gasteiger partial charge in [-0.15, -0.1) is 11.8 Å². The van der Waals surface area contributed by atoms with E-state index in [9.17, 15) is 13.2 Å². The molecule has 0 aromatic heterocycles. The second kappa shape index (κ2) is 6.95. The van der Waals surface area contributed by atoms with Gasteiger partial charge < -0.3 is 4.74 Å². The molecule has 6 heteroatoms. The maximum Gasteiger partial charge on any atom is 0.416 e. The third kappa shape index (κ3) is 3.31. The van der Waals surface area contributed by atoms with Gasteiger partial charge in [0.05, 0.1) is 29.5 Å². The van der Waals surface area contributed by atoms with Crippen LogP contribution in [0.4, 0.5) is 18.9 Å². The number of hydrogen-bond donors (Lipinski definition) is 0. The molecule has 29 heavy (non-hydrogen) atoms. The largest absolute Gasteiger partial charge is 0.492 e. The molecular formula is C23H16F3NOS. The highest BCUT2D eigenvalue weighted by atomic mass is 32.2. The zero-order valence-corrected chi connectivity index (χ0v) is 16.0. The molecule has 0 aliphatic carbocycles. The predicted octanol–water partition coefficient (Wildman–Crippen LogP) is 6.68. The first-order chi connectivity index (χ1) is 14.0. The Morgan fingerprint density at radius 1 is 0.897 bits per heavy atom. The fourth-order valence-electron chi connectivity index (χ4n) is 3.80. The summed E-state index contributed by atoms with van der Waals surface area (Å²) in [5.41, 5.74) is 2.94. The molecule has 0 N–H and O–H groups in total. The van der Waals surface area contributed by atoms with Crippen molar-refractivity contribution in [1.29, 1.82) is 0 Å². The number of thioether (sulfide) groups is 1. The lowest BCUT2D eigenvalue weighted by Gasteiger charge is -2.31. The van der Waals surface area contributed by atoms with Crippen LogP contribution in [-0.4, -0.2) is 12.3 Å². The van der Waals surface area contributed by atoms with Gasteiger partial charge in [-0.1, -0.05) is 36.4 Å². The lowest BCUT2D eigenvalue weighted by atomic mass is 9.88. The summed E-state index contributed by atoms with van der Waals surface area (Å²) in [5.74, 6) is 0.720. The second-order valence-corrected chi connectivity index (χ2v) is 8.22. The molecule has 3 aromatic rings. The first kappa shape index (κ1) is 18.3. The van der Waals surface area contributed by atoms with E-state index in [1.54, 1.807) is 23.9 Å². The van der Waals surface area contributed by atoms with Crippen LogP contribution in [0.5, 0.6) is 5.75 Å². The third-order valence-corrected chi connectivity index (χ3v) is 6.68. The van der Waals surface area contributed by atoms with Gasteiger partial charge in [0.2, 0.25) is 0 Å². The summed E-state index contributed by atoms with van der Waals surface area (Å²) < 4.78 is 45.0. The summed E-state index contributed by atoms with van der Waals surface area (Å²) in [7, 11) is 0. The summed E-state index contributed by atoms with van der Waals surface area (Å²) in [4.78, 5) is 5.98. The van der Waals surface area contributed by atoms with Crippen molar-refractivity contribution in [2.24, 2.45) is 10.9 Å². The minimum absolute atomic E-state index is 0.0703. The SMILES string of the molecule is FC(F)(F)c1ccc([C@H]2Sc3ccccc3N=C3c4ccccc4OC[C@@H]32)cc1. The molecule has 2 aliphatic heterocycles. The van der Waals surface area contributed by atoms with E-state index in [2.05, 4.69) is 0 Å². The molecule has 5 rings (SSSR count). The number of hydrogen-bond acceptors (Lipinski definition) is 3. The standard InChI is InChI=1S/C23H16F3NOS/c24-23(25,26)15-11-9-14(10-12-15)22-17-13-28-19-7-3-1-5-16(19)21(17)27-18-6-2-4-8-20(18)29-22/h1-12,17,22H,13H2/t17-,22+/m0/s1. The van der Waals surface area contributed by atoms with Gasteiger partial charge in [-0.25, -0.2) is 0 Å². The summed E-state index contributed by atoms with van der Waals surface area (Å²) >= 11 is 1.63. The number of ether oxygens (including phenoxy) is 1. The smallest absolute Gasteiger partial charge is 0.416 e. The van der Waals surface area contributed by atoms with Crippen molar-refractivity contribution in [2.75, 3.05) is 6.61 Å². The summed E-state index contributed by atoms with van der Waals surface area (Å²) in [5, 5.41) is -0.104. The number of benzene rings is 3. The molecule has 0 radical (unpaired) electrons. The Morgan fingerprint density at radius 3 is 2.41 bits per heavy atom. The number of rotatable bonds is 1. The molecule has 2 aliphatic rings. The summed E-state index contributed by atoms with van der Waals surface area (Å²) in [6.45, 7) is 0.433. The molecule has 0 fully saturated rings. The fraction of sp³-hybridized carbons (Fsp3) is 0.174. The lowest BCUT2D eigenvalue weighted by Crippen LogP contribution is -2.31. The van der Waals surface area contributed by atoms with Crippen LogP contribution in [0.15, 0.2) is 82.7 Å². The van der Waals surface area contributed by atoms with Crippen molar-refractivity contribution in [3.8, 4) is 5.75 Å². The monoisotopic (exact) mass is 411 g/mol. The minimum Gasteiger partial charge on any atom is -0.492 e. The van der Waals surface area contributed by atoms with E-state index < -0.39 is 11.7 Å². The van der Waals surface area contributed by atoms with Gasteiger partial charge in [-0.2, -0.15) is 13.2 Å². The molecule has 2 nitrogen and oxygen atoms in total. The Bertz CT molecular complexity index is 1090. The highest BCUT2D eigenvalue weighted by Gasteiger charge is 2.37. The van der Waals surface area contributed by atoms with Crippen LogP contribution < -0.4 is 4.74 Å². The van der Waals surface area contributed by atoms with E-state index in [1.165, 1.54) is 0 Å². The van der Waals surface area contributed by atoms with Crippen LogP contribution in [0.2, 0.25) is 0 Å². The van der Waals surface area contributed by atoms with Crippen LogP contribution in [0.1, 0.15) is 21.9 Å². The number of halogens is 3. The number of aliphatic imine (C=N–C) groups is 1. The minimum atomic E-state index is -4.35. The van der Waals surface area contributed by atoms with Crippen LogP contribution >= 0.6 is 11.8 Å². The van der Waals surface area contributed by atoms with Gasteiger partial charge in [0.1, 0.15) is 5.75 Å². The van der Waals surface area contributed by atoms with Crippen LogP contribution in [-0.2, 0) is 6.18 Å². The van der Waals surface area contributed by atoms with Crippen molar-refractivity contribution in [3.05, 3.63) is 89.5 Å². The van der Waals surface area contributed by atoms with Gasteiger partial charge in [-0.3, -0.25) is 4.99 Å². The maximum absolute atomic E-state index is 13.0. The Morgan fingerprint density at radius 2 is 1.62 bits per heavy atom. The number of alkyl halides is 3. The molecule has 0 spiro atoms. The quantitative estimate of drug-likeness (QED) is 0.445. The van der Waals surface area contributed by atoms with E-state index in [-0.39, 0.29) is 11.2 Å². The predicted molar refractivity (Wildman–Crippen MR) is 108 cm³/mol. The summed E-state index contributed by atoms with van der Waals surface area (Å²) in [6.07, 6.45) is -4.35. The number of para-hydroxylation sites is 2. The first-order valence-corrected chi connectivity index (χ1v) is 10.1. The second-order valence-electron chi connectivity index (χ2n) is 7.04. The molecule has 0 saturated heterocycles. The van der Waals surface area contributed by atoms with Crippen LogP contribution in [0.3, 0.4) is 0 Å². The molecule has 2 atom stereocenters. The lowest BCUT2D eigenvalue weighted by molar-refractivity contribution is -0.137. The van der Waals surface area contributed by atoms with Crippen molar-refractivity contribution >= 4 is 23.2 Å². The summed E-state index contributed by atoms with van der Waals surface area (Å²) in [6, 6.07) is 21.1.